The first-order chi connectivity index (χ1) is 13.2. The molecule has 4 aromatic rings. The van der Waals surface area contributed by atoms with Gasteiger partial charge in [-0.2, -0.15) is 0 Å². The summed E-state index contributed by atoms with van der Waals surface area (Å²) in [6.07, 6.45) is -3.41. The van der Waals surface area contributed by atoms with Crippen molar-refractivity contribution in [2.24, 2.45) is 16.0 Å². The van der Waals surface area contributed by atoms with Gasteiger partial charge in [0.05, 0.1) is 10.9 Å². The van der Waals surface area contributed by atoms with E-state index < -0.39 is 23.6 Å². The minimum atomic E-state index is -4.89. The molecule has 28 heavy (non-hydrogen) atoms. The van der Waals surface area contributed by atoms with Crippen LogP contribution in [0.1, 0.15) is 0 Å². The molecule has 9 nitrogen and oxygen atoms in total. The predicted octanol–water partition coefficient (Wildman–Crippen LogP) is 3.20. The molecule has 0 saturated carbocycles. The van der Waals surface area contributed by atoms with Gasteiger partial charge in [-0.05, 0) is 30.3 Å². The zero-order valence-electron chi connectivity index (χ0n) is 13.8. The van der Waals surface area contributed by atoms with Gasteiger partial charge in [-0.3, -0.25) is 14.6 Å². The standard InChI is InChI=1S/C16H10F3N7O2/c17-16(18,19)28-7-3-4-10-9(6-7)11(24-25-15(20)21)13-23-12-8(2-1-5-22-12)14(27)26(10)13/h1-6H,(H3,20,21)(H,22,23). The summed E-state index contributed by atoms with van der Waals surface area (Å²) in [4.78, 5) is 19.9. The van der Waals surface area contributed by atoms with Crippen molar-refractivity contribution in [3.8, 4) is 5.75 Å². The number of pyridine rings is 1. The topological polar surface area (TPSA) is 134 Å². The van der Waals surface area contributed by atoms with E-state index in [0.717, 1.165) is 12.1 Å². The Morgan fingerprint density at radius 3 is 2.79 bits per heavy atom. The maximum absolute atomic E-state index is 12.9. The number of guanidine groups is 1. The van der Waals surface area contributed by atoms with E-state index in [1.54, 1.807) is 12.1 Å². The minimum Gasteiger partial charge on any atom is -0.406 e. The van der Waals surface area contributed by atoms with Gasteiger partial charge in [-0.15, -0.1) is 23.4 Å². The number of nitrogens with one attached hydrogen (secondary N) is 2. The Morgan fingerprint density at radius 1 is 1.29 bits per heavy atom. The number of H-pyrrole nitrogens is 1. The number of aromatic amines is 1. The van der Waals surface area contributed by atoms with Crippen LogP contribution < -0.4 is 16.0 Å². The number of nitrogens with zero attached hydrogens (tertiary/aromatic N) is 4. The van der Waals surface area contributed by atoms with E-state index in [1.165, 1.54) is 16.7 Å². The Kier molecular flexibility index (Phi) is 3.77. The molecule has 0 saturated heterocycles. The van der Waals surface area contributed by atoms with E-state index in [0.29, 0.717) is 0 Å². The number of ether oxygens (including phenoxy) is 1. The second-order valence-electron chi connectivity index (χ2n) is 5.67. The Balaban J connectivity index is 2.12. The monoisotopic (exact) mass is 389 g/mol. The Labute approximate surface area is 152 Å². The van der Waals surface area contributed by atoms with Crippen LogP contribution in [-0.4, -0.2) is 26.7 Å². The van der Waals surface area contributed by atoms with Crippen LogP contribution in [0.4, 0.5) is 18.9 Å². The van der Waals surface area contributed by atoms with Crippen molar-refractivity contribution in [2.45, 2.75) is 6.36 Å². The highest BCUT2D eigenvalue weighted by Crippen LogP contribution is 2.36. The number of hydrogen-bond donors (Lipinski definition) is 3. The summed E-state index contributed by atoms with van der Waals surface area (Å²) < 4.78 is 42.9. The zero-order valence-corrected chi connectivity index (χ0v) is 13.8. The van der Waals surface area contributed by atoms with E-state index in [-0.39, 0.29) is 33.3 Å². The molecule has 0 aliphatic carbocycles. The average molecular weight is 389 g/mol. The first-order valence-electron chi connectivity index (χ1n) is 7.71. The number of rotatable bonds is 2. The van der Waals surface area contributed by atoms with Crippen LogP contribution in [0.3, 0.4) is 0 Å². The zero-order chi connectivity index (χ0) is 20.1. The highest BCUT2D eigenvalue weighted by atomic mass is 19.4. The molecule has 4 N–H and O–H groups in total. The molecular formula is C16H10F3N7O2. The van der Waals surface area contributed by atoms with Crippen molar-refractivity contribution < 1.29 is 17.9 Å². The molecule has 0 radical (unpaired) electrons. The summed E-state index contributed by atoms with van der Waals surface area (Å²) in [5.74, 6) is -1.11. The van der Waals surface area contributed by atoms with Gasteiger partial charge in [0.1, 0.15) is 22.7 Å². The molecule has 0 amide bonds. The maximum atomic E-state index is 12.9. The lowest BCUT2D eigenvalue weighted by Gasteiger charge is -2.08. The van der Waals surface area contributed by atoms with Gasteiger partial charge in [-0.1, -0.05) is 0 Å². The van der Waals surface area contributed by atoms with E-state index in [2.05, 4.69) is 24.9 Å². The van der Waals surface area contributed by atoms with Crippen molar-refractivity contribution in [1.82, 2.24) is 14.4 Å². The molecule has 0 aliphatic heterocycles. The normalized spacial score (nSPS) is 12.4. The van der Waals surface area contributed by atoms with Gasteiger partial charge in [0.2, 0.25) is 5.96 Å². The molecule has 4 rings (SSSR count). The molecule has 1 aromatic carbocycles. The second kappa shape index (κ2) is 6.04. The number of nitrogens with two attached hydrogens (primary N) is 1. The highest BCUT2D eigenvalue weighted by Gasteiger charge is 2.31. The highest BCUT2D eigenvalue weighted by molar-refractivity contribution is 6.02. The molecule has 0 bridgehead atoms. The summed E-state index contributed by atoms with van der Waals surface area (Å²) in [6, 6.07) is 6.61. The molecule has 3 heterocycles. The van der Waals surface area contributed by atoms with Gasteiger partial charge in [-0.25, -0.2) is 4.98 Å². The summed E-state index contributed by atoms with van der Waals surface area (Å²) in [6.45, 7) is 0. The number of benzene rings is 1. The van der Waals surface area contributed by atoms with Crippen molar-refractivity contribution in [3.63, 3.8) is 0 Å². The molecule has 0 aliphatic rings. The molecule has 0 spiro atoms. The second-order valence-corrected chi connectivity index (χ2v) is 5.67. The number of halogens is 3. The third-order valence-electron chi connectivity index (χ3n) is 3.88. The summed E-state index contributed by atoms with van der Waals surface area (Å²) >= 11 is 0. The van der Waals surface area contributed by atoms with Crippen molar-refractivity contribution in [3.05, 3.63) is 46.9 Å². The molecule has 0 unspecified atom stereocenters. The van der Waals surface area contributed by atoms with Crippen LogP contribution in [0.2, 0.25) is 0 Å². The van der Waals surface area contributed by atoms with E-state index in [4.69, 9.17) is 11.1 Å². The summed E-state index contributed by atoms with van der Waals surface area (Å²) in [7, 11) is 0. The molecule has 12 heteroatoms. The lowest BCUT2D eigenvalue weighted by Crippen LogP contribution is -2.17. The largest absolute Gasteiger partial charge is 0.573 e. The molecule has 3 aromatic heterocycles. The van der Waals surface area contributed by atoms with Crippen molar-refractivity contribution in [1.29, 1.82) is 5.41 Å². The first-order valence-corrected chi connectivity index (χ1v) is 7.71. The Hall–Kier alpha value is -3.96. The van der Waals surface area contributed by atoms with Gasteiger partial charge >= 0.3 is 6.36 Å². The van der Waals surface area contributed by atoms with Crippen LogP contribution in [-0.2, 0) is 0 Å². The minimum absolute atomic E-state index is 0.0162. The van der Waals surface area contributed by atoms with E-state index in [1.807, 2.05) is 0 Å². The first kappa shape index (κ1) is 17.5. The Morgan fingerprint density at radius 2 is 2.07 bits per heavy atom. The molecule has 0 atom stereocenters. The number of aromatic nitrogens is 3. The fourth-order valence-electron chi connectivity index (χ4n) is 2.89. The number of hydrogen-bond acceptors (Lipinski definition) is 5. The van der Waals surface area contributed by atoms with Gasteiger partial charge in [0, 0.05) is 11.6 Å². The van der Waals surface area contributed by atoms with Gasteiger partial charge < -0.3 is 15.5 Å². The third kappa shape index (κ3) is 2.90. The van der Waals surface area contributed by atoms with Crippen LogP contribution >= 0.6 is 0 Å². The van der Waals surface area contributed by atoms with Gasteiger partial charge in [0.25, 0.3) is 5.56 Å². The Bertz CT molecular complexity index is 1340. The third-order valence-corrected chi connectivity index (χ3v) is 3.88. The molecular weight excluding hydrogens is 379 g/mol. The lowest BCUT2D eigenvalue weighted by atomic mass is 10.2. The quantitative estimate of drug-likeness (QED) is 0.276. The number of alkyl halides is 3. The predicted molar refractivity (Wildman–Crippen MR) is 93.9 cm³/mol. The lowest BCUT2D eigenvalue weighted by molar-refractivity contribution is -0.274. The van der Waals surface area contributed by atoms with Crippen molar-refractivity contribution >= 4 is 39.2 Å². The number of azo groups is 1. The smallest absolute Gasteiger partial charge is 0.406 e. The van der Waals surface area contributed by atoms with Crippen LogP contribution in [0.5, 0.6) is 5.75 Å². The van der Waals surface area contributed by atoms with Gasteiger partial charge in [0.15, 0.2) is 0 Å². The maximum Gasteiger partial charge on any atom is 0.573 e. The fraction of sp³-hybridized carbons (Fsp3) is 0.0625. The van der Waals surface area contributed by atoms with Crippen molar-refractivity contribution in [2.75, 3.05) is 0 Å². The summed E-state index contributed by atoms with van der Waals surface area (Å²) in [5.41, 5.74) is 5.43. The fourth-order valence-corrected chi connectivity index (χ4v) is 2.89. The molecule has 0 fully saturated rings. The van der Waals surface area contributed by atoms with Crippen LogP contribution in [0, 0.1) is 5.41 Å². The number of fused-ring (bicyclic) bond motifs is 4. The average Bonchev–Trinajstić information content (AvgIpc) is 2.91. The van der Waals surface area contributed by atoms with E-state index in [9.17, 15) is 18.0 Å². The van der Waals surface area contributed by atoms with Crippen LogP contribution in [0.25, 0.3) is 27.6 Å². The van der Waals surface area contributed by atoms with Crippen LogP contribution in [0.15, 0.2) is 51.6 Å². The summed E-state index contributed by atoms with van der Waals surface area (Å²) in [5, 5.41) is 14.9. The SMILES string of the molecule is N=C(N)N=Nc1c2cc(OC(F)(F)F)ccc2n2c(=O)c3cccnc3[nH]c12. The van der Waals surface area contributed by atoms with E-state index >= 15 is 0 Å². The molecule has 142 valence electrons.